The SMILES string of the molecule is CC1CN(c2ccc(CNc3ccc(Cl)cc3[N+](=O)[O-])cn2)CCO1. The van der Waals surface area contributed by atoms with Crippen molar-refractivity contribution >= 4 is 28.8 Å². The van der Waals surface area contributed by atoms with Crippen molar-refractivity contribution in [3.63, 3.8) is 0 Å². The highest BCUT2D eigenvalue weighted by Crippen LogP contribution is 2.28. The quantitative estimate of drug-likeness (QED) is 0.647. The van der Waals surface area contributed by atoms with Crippen molar-refractivity contribution in [3.05, 3.63) is 57.2 Å². The van der Waals surface area contributed by atoms with E-state index in [0.29, 0.717) is 23.9 Å². The highest BCUT2D eigenvalue weighted by Gasteiger charge is 2.18. The summed E-state index contributed by atoms with van der Waals surface area (Å²) in [6.45, 7) is 4.83. The van der Waals surface area contributed by atoms with E-state index in [9.17, 15) is 10.1 Å². The zero-order chi connectivity index (χ0) is 17.8. The maximum Gasteiger partial charge on any atom is 0.293 e. The predicted molar refractivity (Wildman–Crippen MR) is 97.3 cm³/mol. The van der Waals surface area contributed by atoms with E-state index in [0.717, 1.165) is 24.5 Å². The molecule has 1 atom stereocenters. The minimum absolute atomic E-state index is 0.0422. The van der Waals surface area contributed by atoms with Crippen LogP contribution in [0.4, 0.5) is 17.2 Å². The minimum Gasteiger partial charge on any atom is -0.375 e. The summed E-state index contributed by atoms with van der Waals surface area (Å²) < 4.78 is 5.54. The summed E-state index contributed by atoms with van der Waals surface area (Å²) >= 11 is 5.82. The van der Waals surface area contributed by atoms with Crippen LogP contribution >= 0.6 is 11.6 Å². The second-order valence-corrected chi connectivity index (χ2v) is 6.36. The molecule has 0 saturated carbocycles. The van der Waals surface area contributed by atoms with Gasteiger partial charge in [-0.15, -0.1) is 0 Å². The topological polar surface area (TPSA) is 80.5 Å². The summed E-state index contributed by atoms with van der Waals surface area (Å²) in [5, 5.41) is 14.5. The van der Waals surface area contributed by atoms with Gasteiger partial charge in [-0.25, -0.2) is 4.98 Å². The van der Waals surface area contributed by atoms with Gasteiger partial charge in [-0.05, 0) is 30.7 Å². The van der Waals surface area contributed by atoms with Crippen molar-refractivity contribution in [2.45, 2.75) is 19.6 Å². The van der Waals surface area contributed by atoms with Crippen LogP contribution in [-0.2, 0) is 11.3 Å². The summed E-state index contributed by atoms with van der Waals surface area (Å²) in [6, 6.07) is 8.50. The van der Waals surface area contributed by atoms with Gasteiger partial charge in [0.05, 0.1) is 17.6 Å². The van der Waals surface area contributed by atoms with Crippen LogP contribution < -0.4 is 10.2 Å². The van der Waals surface area contributed by atoms with Crippen LogP contribution in [0.25, 0.3) is 0 Å². The number of aromatic nitrogens is 1. The van der Waals surface area contributed by atoms with E-state index in [-0.39, 0.29) is 11.8 Å². The van der Waals surface area contributed by atoms with Gasteiger partial charge in [-0.1, -0.05) is 17.7 Å². The monoisotopic (exact) mass is 362 g/mol. The van der Waals surface area contributed by atoms with Crippen LogP contribution in [0.15, 0.2) is 36.5 Å². The molecule has 25 heavy (non-hydrogen) atoms. The Hall–Kier alpha value is -2.38. The van der Waals surface area contributed by atoms with Crippen molar-refractivity contribution in [1.82, 2.24) is 4.98 Å². The van der Waals surface area contributed by atoms with Gasteiger partial charge in [-0.3, -0.25) is 10.1 Å². The molecule has 1 aromatic carbocycles. The standard InChI is InChI=1S/C17H19ClN4O3/c1-12-11-21(6-7-25-12)17-5-2-13(10-20-17)9-19-15-4-3-14(18)8-16(15)22(23)24/h2-5,8,10,12,19H,6-7,9,11H2,1H3. The van der Waals surface area contributed by atoms with E-state index in [1.165, 1.54) is 6.07 Å². The third-order valence-electron chi connectivity index (χ3n) is 4.01. The Morgan fingerprint density at radius 3 is 2.96 bits per heavy atom. The Kier molecular flexibility index (Phi) is 5.35. The van der Waals surface area contributed by atoms with Crippen molar-refractivity contribution in [2.75, 3.05) is 29.9 Å². The Morgan fingerprint density at radius 2 is 2.28 bits per heavy atom. The lowest BCUT2D eigenvalue weighted by molar-refractivity contribution is -0.383. The van der Waals surface area contributed by atoms with E-state index in [4.69, 9.17) is 16.3 Å². The number of pyridine rings is 1. The molecule has 0 amide bonds. The maximum atomic E-state index is 11.1. The van der Waals surface area contributed by atoms with E-state index in [2.05, 4.69) is 15.2 Å². The van der Waals surface area contributed by atoms with Gasteiger partial charge in [-0.2, -0.15) is 0 Å². The molecule has 3 rings (SSSR count). The van der Waals surface area contributed by atoms with E-state index in [1.54, 1.807) is 18.3 Å². The number of halogens is 1. The molecular weight excluding hydrogens is 344 g/mol. The number of nitro groups is 1. The van der Waals surface area contributed by atoms with Crippen LogP contribution in [-0.4, -0.2) is 35.7 Å². The molecule has 1 N–H and O–H groups in total. The lowest BCUT2D eigenvalue weighted by atomic mass is 10.2. The van der Waals surface area contributed by atoms with Crippen LogP contribution in [0.1, 0.15) is 12.5 Å². The summed E-state index contributed by atoms with van der Waals surface area (Å²) in [5.74, 6) is 0.913. The molecule has 1 aromatic heterocycles. The molecule has 1 aliphatic rings. The summed E-state index contributed by atoms with van der Waals surface area (Å²) in [7, 11) is 0. The van der Waals surface area contributed by atoms with Crippen LogP contribution in [0.3, 0.4) is 0 Å². The number of anilines is 2. The fourth-order valence-corrected chi connectivity index (χ4v) is 2.90. The molecule has 1 aliphatic heterocycles. The number of ether oxygens (including phenoxy) is 1. The second kappa shape index (κ2) is 7.67. The first-order valence-electron chi connectivity index (χ1n) is 8.02. The van der Waals surface area contributed by atoms with Gasteiger partial charge >= 0.3 is 0 Å². The molecule has 8 heteroatoms. The summed E-state index contributed by atoms with van der Waals surface area (Å²) in [5.41, 5.74) is 1.33. The Morgan fingerprint density at radius 1 is 1.44 bits per heavy atom. The highest BCUT2D eigenvalue weighted by atomic mass is 35.5. The predicted octanol–water partition coefficient (Wildman–Crippen LogP) is 3.48. The smallest absolute Gasteiger partial charge is 0.293 e. The molecule has 1 saturated heterocycles. The lowest BCUT2D eigenvalue weighted by Crippen LogP contribution is -2.41. The zero-order valence-corrected chi connectivity index (χ0v) is 14.6. The van der Waals surface area contributed by atoms with Gasteiger partial charge in [0.25, 0.3) is 5.69 Å². The number of hydrogen-bond donors (Lipinski definition) is 1. The molecule has 1 fully saturated rings. The molecule has 0 spiro atoms. The molecule has 0 bridgehead atoms. The van der Waals surface area contributed by atoms with Crippen LogP contribution in [0, 0.1) is 10.1 Å². The Balaban J connectivity index is 1.65. The van der Waals surface area contributed by atoms with Crippen LogP contribution in [0.5, 0.6) is 0 Å². The van der Waals surface area contributed by atoms with E-state index >= 15 is 0 Å². The summed E-state index contributed by atoms with van der Waals surface area (Å²) in [4.78, 5) is 17.3. The molecular formula is C17H19ClN4O3. The first kappa shape index (κ1) is 17.4. The third kappa shape index (κ3) is 4.37. The fraction of sp³-hybridized carbons (Fsp3) is 0.353. The molecule has 0 radical (unpaired) electrons. The number of nitrogens with zero attached hydrogens (tertiary/aromatic N) is 3. The lowest BCUT2D eigenvalue weighted by Gasteiger charge is -2.32. The van der Waals surface area contributed by atoms with Gasteiger partial charge in [0.15, 0.2) is 0 Å². The number of nitrogens with one attached hydrogen (secondary N) is 1. The zero-order valence-electron chi connectivity index (χ0n) is 13.8. The molecule has 132 valence electrons. The number of rotatable bonds is 5. The normalized spacial score (nSPS) is 17.4. The van der Waals surface area contributed by atoms with Crippen molar-refractivity contribution in [2.24, 2.45) is 0 Å². The second-order valence-electron chi connectivity index (χ2n) is 5.92. The van der Waals surface area contributed by atoms with Crippen molar-refractivity contribution in [3.8, 4) is 0 Å². The first-order valence-corrected chi connectivity index (χ1v) is 8.40. The molecule has 1 unspecified atom stereocenters. The van der Waals surface area contributed by atoms with E-state index < -0.39 is 4.92 Å². The first-order chi connectivity index (χ1) is 12.0. The molecule has 0 aliphatic carbocycles. The third-order valence-corrected chi connectivity index (χ3v) is 4.25. The van der Waals surface area contributed by atoms with Crippen molar-refractivity contribution in [1.29, 1.82) is 0 Å². The average molecular weight is 363 g/mol. The largest absolute Gasteiger partial charge is 0.375 e. The molecule has 7 nitrogen and oxygen atoms in total. The number of hydrogen-bond acceptors (Lipinski definition) is 6. The Labute approximate surface area is 150 Å². The number of benzene rings is 1. The van der Waals surface area contributed by atoms with E-state index in [1.807, 2.05) is 19.1 Å². The Bertz CT molecular complexity index is 754. The van der Waals surface area contributed by atoms with Crippen LogP contribution in [0.2, 0.25) is 5.02 Å². The fourth-order valence-electron chi connectivity index (χ4n) is 2.74. The number of morpholine rings is 1. The average Bonchev–Trinajstić information content (AvgIpc) is 2.61. The van der Waals surface area contributed by atoms with Gasteiger partial charge < -0.3 is 15.0 Å². The molecule has 2 heterocycles. The number of nitro benzene ring substituents is 1. The van der Waals surface area contributed by atoms with Gasteiger partial charge in [0, 0.05) is 36.9 Å². The minimum atomic E-state index is -0.449. The van der Waals surface area contributed by atoms with Crippen molar-refractivity contribution < 1.29 is 9.66 Å². The molecule has 2 aromatic rings. The highest BCUT2D eigenvalue weighted by molar-refractivity contribution is 6.30. The maximum absolute atomic E-state index is 11.1. The van der Waals surface area contributed by atoms with Gasteiger partial charge in [0.1, 0.15) is 11.5 Å². The summed E-state index contributed by atoms with van der Waals surface area (Å²) in [6.07, 6.45) is 1.98. The van der Waals surface area contributed by atoms with Gasteiger partial charge in [0.2, 0.25) is 0 Å².